The summed E-state index contributed by atoms with van der Waals surface area (Å²) >= 11 is 0. The number of benzene rings is 6. The average Bonchev–Trinajstić information content (AvgIpc) is 3.55. The summed E-state index contributed by atoms with van der Waals surface area (Å²) in [4.78, 5) is 12.2. The molecule has 1 aliphatic rings. The van der Waals surface area contributed by atoms with Gasteiger partial charge >= 0.3 is 0 Å². The van der Waals surface area contributed by atoms with Crippen LogP contribution >= 0.6 is 0 Å². The van der Waals surface area contributed by atoms with E-state index in [9.17, 15) is 0 Å². The van der Waals surface area contributed by atoms with E-state index in [1.54, 1.807) is 0 Å². The van der Waals surface area contributed by atoms with Gasteiger partial charge in [-0.3, -0.25) is 9.97 Å². The van der Waals surface area contributed by atoms with E-state index in [1.165, 1.54) is 33.4 Å². The van der Waals surface area contributed by atoms with Crippen LogP contribution in [-0.2, 0) is 16.2 Å². The summed E-state index contributed by atoms with van der Waals surface area (Å²) in [6.07, 6.45) is 3.79. The van der Waals surface area contributed by atoms with Crippen LogP contribution in [0.25, 0.3) is 22.4 Å². The number of anilines is 3. The molecule has 0 saturated carbocycles. The number of rotatable bonds is 8. The molecule has 0 spiro atoms. The number of nitrogens with zero attached hydrogens (tertiary/aromatic N) is 3. The maximum atomic E-state index is 6.73. The number of hydrogen-bond acceptors (Lipinski definition) is 4. The van der Waals surface area contributed by atoms with Gasteiger partial charge in [-0.25, -0.2) is 0 Å². The highest BCUT2D eigenvalue weighted by Gasteiger charge is 2.47. The van der Waals surface area contributed by atoms with Gasteiger partial charge in [-0.05, 0) is 123 Å². The first kappa shape index (κ1) is 37.8. The smallest absolute Gasteiger partial charge is 0.128 e. The van der Waals surface area contributed by atoms with E-state index in [-0.39, 0.29) is 10.8 Å². The Morgan fingerprint density at radius 1 is 0.458 bits per heavy atom. The molecule has 290 valence electrons. The Labute approximate surface area is 348 Å². The molecule has 8 aromatic rings. The van der Waals surface area contributed by atoms with E-state index < -0.39 is 5.41 Å². The molecular formula is C55H49N3O. The third-order valence-corrected chi connectivity index (χ3v) is 11.6. The van der Waals surface area contributed by atoms with Crippen molar-refractivity contribution in [2.45, 2.75) is 57.8 Å². The second kappa shape index (κ2) is 14.9. The summed E-state index contributed by atoms with van der Waals surface area (Å²) in [5.74, 6) is 1.49. The van der Waals surface area contributed by atoms with Crippen LogP contribution in [-0.4, -0.2) is 9.97 Å². The fourth-order valence-corrected chi connectivity index (χ4v) is 8.59. The van der Waals surface area contributed by atoms with Crippen molar-refractivity contribution in [3.8, 4) is 33.9 Å². The van der Waals surface area contributed by atoms with Gasteiger partial charge in [0.1, 0.15) is 11.5 Å². The van der Waals surface area contributed by atoms with Gasteiger partial charge in [-0.2, -0.15) is 0 Å². The molecular weight excluding hydrogens is 719 g/mol. The van der Waals surface area contributed by atoms with Crippen LogP contribution in [0.15, 0.2) is 188 Å². The number of hydrogen-bond donors (Lipinski definition) is 0. The summed E-state index contributed by atoms with van der Waals surface area (Å²) in [5.41, 5.74) is 14.1. The quantitative estimate of drug-likeness (QED) is 0.154. The lowest BCUT2D eigenvalue weighted by atomic mass is 9.70. The standard InChI is InChI=1S/C55H49N3O/c1-53(2,3)39-24-28-42(29-25-39)58(43-30-26-40(27-31-43)54(4,5)6)44-32-34-56-51(37-44)38-15-13-17-45(35-38)59-46-18-14-16-41(36-46)55(52-23-11-12-33-57-52)49-21-9-7-19-47(49)48-20-8-10-22-50(48)55/h7-37H,1-6H3. The van der Waals surface area contributed by atoms with Crippen molar-refractivity contribution in [3.05, 3.63) is 222 Å². The van der Waals surface area contributed by atoms with Crippen LogP contribution in [0.3, 0.4) is 0 Å². The predicted molar refractivity (Wildman–Crippen MR) is 243 cm³/mol. The maximum absolute atomic E-state index is 6.73. The first-order valence-corrected chi connectivity index (χ1v) is 20.5. The Balaban J connectivity index is 1.08. The fourth-order valence-electron chi connectivity index (χ4n) is 8.59. The van der Waals surface area contributed by atoms with E-state index in [0.717, 1.165) is 51.1 Å². The highest BCUT2D eigenvalue weighted by molar-refractivity contribution is 5.86. The largest absolute Gasteiger partial charge is 0.457 e. The summed E-state index contributed by atoms with van der Waals surface area (Å²) in [6, 6.07) is 62.4. The van der Waals surface area contributed by atoms with Crippen molar-refractivity contribution < 1.29 is 4.74 Å². The summed E-state index contributed by atoms with van der Waals surface area (Å²) in [7, 11) is 0. The zero-order valence-corrected chi connectivity index (χ0v) is 34.6. The van der Waals surface area contributed by atoms with Gasteiger partial charge < -0.3 is 9.64 Å². The normalized spacial score (nSPS) is 13.1. The van der Waals surface area contributed by atoms with Gasteiger partial charge in [0.05, 0.1) is 16.8 Å². The van der Waals surface area contributed by atoms with Crippen LogP contribution in [0.1, 0.15) is 75.1 Å². The molecule has 0 amide bonds. The highest BCUT2D eigenvalue weighted by Crippen LogP contribution is 2.56. The van der Waals surface area contributed by atoms with Crippen molar-refractivity contribution >= 4 is 17.1 Å². The van der Waals surface area contributed by atoms with Gasteiger partial charge in [0, 0.05) is 35.0 Å². The molecule has 0 N–H and O–H groups in total. The van der Waals surface area contributed by atoms with E-state index in [2.05, 4.69) is 198 Å². The third-order valence-electron chi connectivity index (χ3n) is 11.6. The molecule has 6 aromatic carbocycles. The Bertz CT molecular complexity index is 2660. The highest BCUT2D eigenvalue weighted by atomic mass is 16.5. The summed E-state index contributed by atoms with van der Waals surface area (Å²) in [5, 5.41) is 0. The monoisotopic (exact) mass is 767 g/mol. The Morgan fingerprint density at radius 3 is 1.59 bits per heavy atom. The number of aromatic nitrogens is 2. The van der Waals surface area contributed by atoms with E-state index in [4.69, 9.17) is 14.7 Å². The lowest BCUT2D eigenvalue weighted by Crippen LogP contribution is -2.29. The molecule has 0 bridgehead atoms. The Kier molecular flexibility index (Phi) is 9.52. The van der Waals surface area contributed by atoms with Gasteiger partial charge in [-0.1, -0.05) is 145 Å². The van der Waals surface area contributed by atoms with Crippen molar-refractivity contribution in [1.82, 2.24) is 9.97 Å². The number of pyridine rings is 2. The fraction of sp³-hybridized carbons (Fsp3) is 0.164. The van der Waals surface area contributed by atoms with E-state index in [0.29, 0.717) is 0 Å². The lowest BCUT2D eigenvalue weighted by Gasteiger charge is -2.32. The number of ether oxygens (including phenoxy) is 1. The van der Waals surface area contributed by atoms with Crippen molar-refractivity contribution in [1.29, 1.82) is 0 Å². The Hall–Kier alpha value is -6.78. The average molecular weight is 768 g/mol. The molecule has 0 unspecified atom stereocenters. The zero-order valence-electron chi connectivity index (χ0n) is 34.6. The van der Waals surface area contributed by atoms with Crippen LogP contribution < -0.4 is 9.64 Å². The topological polar surface area (TPSA) is 38.2 Å². The second-order valence-corrected chi connectivity index (χ2v) is 17.5. The van der Waals surface area contributed by atoms with Crippen LogP contribution in [0, 0.1) is 0 Å². The molecule has 0 fully saturated rings. The molecule has 1 aliphatic carbocycles. The molecule has 0 atom stereocenters. The minimum Gasteiger partial charge on any atom is -0.457 e. The van der Waals surface area contributed by atoms with Crippen LogP contribution in [0.4, 0.5) is 17.1 Å². The molecule has 4 heteroatoms. The van der Waals surface area contributed by atoms with Crippen molar-refractivity contribution in [2.24, 2.45) is 0 Å². The minimum atomic E-state index is -0.605. The SMILES string of the molecule is CC(C)(C)c1ccc(N(c2ccc(C(C)(C)C)cc2)c2ccnc(-c3cccc(Oc4cccc(C5(c6ccccn6)c6ccccc6-c6ccccc65)c4)c3)c2)cc1. The molecule has 2 heterocycles. The summed E-state index contributed by atoms with van der Waals surface area (Å²) < 4.78 is 6.73. The predicted octanol–water partition coefficient (Wildman–Crippen LogP) is 14.4. The molecule has 9 rings (SSSR count). The Morgan fingerprint density at radius 2 is 1.02 bits per heavy atom. The minimum absolute atomic E-state index is 0.0594. The van der Waals surface area contributed by atoms with Crippen LogP contribution in [0.2, 0.25) is 0 Å². The molecule has 0 saturated heterocycles. The third kappa shape index (κ3) is 6.99. The summed E-state index contributed by atoms with van der Waals surface area (Å²) in [6.45, 7) is 13.5. The molecule has 0 aliphatic heterocycles. The molecule has 59 heavy (non-hydrogen) atoms. The van der Waals surface area contributed by atoms with Gasteiger partial charge in [0.25, 0.3) is 0 Å². The van der Waals surface area contributed by atoms with Gasteiger partial charge in [0.2, 0.25) is 0 Å². The van der Waals surface area contributed by atoms with Crippen molar-refractivity contribution in [2.75, 3.05) is 4.90 Å². The zero-order chi connectivity index (χ0) is 40.8. The van der Waals surface area contributed by atoms with Crippen LogP contribution in [0.5, 0.6) is 11.5 Å². The molecule has 0 radical (unpaired) electrons. The first-order valence-electron chi connectivity index (χ1n) is 20.5. The lowest BCUT2D eigenvalue weighted by molar-refractivity contribution is 0.481. The maximum Gasteiger partial charge on any atom is 0.128 e. The van der Waals surface area contributed by atoms with Gasteiger partial charge in [0.15, 0.2) is 0 Å². The number of fused-ring (bicyclic) bond motifs is 3. The van der Waals surface area contributed by atoms with Crippen molar-refractivity contribution in [3.63, 3.8) is 0 Å². The molecule has 2 aromatic heterocycles. The van der Waals surface area contributed by atoms with Gasteiger partial charge in [-0.15, -0.1) is 0 Å². The molecule has 4 nitrogen and oxygen atoms in total. The second-order valence-electron chi connectivity index (χ2n) is 17.5. The van der Waals surface area contributed by atoms with E-state index >= 15 is 0 Å². The first-order chi connectivity index (χ1) is 28.5. The van der Waals surface area contributed by atoms with E-state index in [1.807, 2.05) is 36.7 Å².